The van der Waals surface area contributed by atoms with Gasteiger partial charge in [-0.3, -0.25) is 4.57 Å². The van der Waals surface area contributed by atoms with Crippen molar-refractivity contribution in [1.82, 2.24) is 9.55 Å². The van der Waals surface area contributed by atoms with E-state index >= 15 is 0 Å². The lowest BCUT2D eigenvalue weighted by atomic mass is 10.0. The fourth-order valence-electron chi connectivity index (χ4n) is 4.73. The van der Waals surface area contributed by atoms with E-state index in [2.05, 4.69) is 15.2 Å². The van der Waals surface area contributed by atoms with E-state index in [1.54, 1.807) is 31.2 Å². The first kappa shape index (κ1) is 27.4. The lowest BCUT2D eigenvalue weighted by Crippen LogP contribution is -2.05. The number of benzene rings is 3. The fraction of sp³-hybridized carbons (Fsp3) is 0.133. The van der Waals surface area contributed by atoms with E-state index in [4.69, 9.17) is 0 Å². The van der Waals surface area contributed by atoms with Crippen molar-refractivity contribution < 1.29 is 33.3 Å². The van der Waals surface area contributed by atoms with Gasteiger partial charge in [0.15, 0.2) is 11.4 Å². The van der Waals surface area contributed by atoms with Gasteiger partial charge in [0.1, 0.15) is 0 Å². The molecule has 2 aromatic heterocycles. The number of halogens is 3. The normalized spacial score (nSPS) is 12.0. The molecule has 3 aromatic carbocycles. The standard InChI is InChI=1S/C30H23F3N4O4/c1-15-9-16(2)11-21(10-15)37-24-14-20(30(31,32)33)7-8-22(24)25(28(37)39)35-36-27-26(38)23(12-17(3)34-27)18-5-4-6-19(13-18)29(40)41/h4-14,38-39H,1-3H3,(H,40,41). The van der Waals surface area contributed by atoms with Gasteiger partial charge >= 0.3 is 12.1 Å². The van der Waals surface area contributed by atoms with Gasteiger partial charge in [0.25, 0.3) is 0 Å². The summed E-state index contributed by atoms with van der Waals surface area (Å²) in [5.74, 6) is -2.20. The van der Waals surface area contributed by atoms with Crippen LogP contribution in [0, 0.1) is 20.8 Å². The second-order valence-electron chi connectivity index (χ2n) is 9.65. The lowest BCUT2D eigenvalue weighted by molar-refractivity contribution is -0.137. The van der Waals surface area contributed by atoms with Crippen molar-refractivity contribution in [3.8, 4) is 28.4 Å². The Morgan fingerprint density at radius 2 is 1.61 bits per heavy atom. The monoisotopic (exact) mass is 560 g/mol. The molecule has 0 atom stereocenters. The predicted octanol–water partition coefficient (Wildman–Crippen LogP) is 8.16. The number of hydrogen-bond acceptors (Lipinski definition) is 6. The maximum atomic E-state index is 13.6. The molecule has 0 spiro atoms. The smallest absolute Gasteiger partial charge is 0.416 e. The number of pyridine rings is 1. The number of aryl methyl sites for hydroxylation is 3. The molecule has 0 unspecified atom stereocenters. The van der Waals surface area contributed by atoms with Crippen molar-refractivity contribution in [2.45, 2.75) is 26.9 Å². The Morgan fingerprint density at radius 1 is 0.902 bits per heavy atom. The zero-order chi connectivity index (χ0) is 29.6. The number of carbonyl (C=O) groups is 1. The van der Waals surface area contributed by atoms with Gasteiger partial charge in [-0.1, -0.05) is 18.2 Å². The topological polar surface area (TPSA) is 120 Å². The third-order valence-corrected chi connectivity index (χ3v) is 6.48. The van der Waals surface area contributed by atoms with Crippen LogP contribution >= 0.6 is 0 Å². The first-order valence-electron chi connectivity index (χ1n) is 12.3. The van der Waals surface area contributed by atoms with Crippen molar-refractivity contribution in [3.05, 3.63) is 94.7 Å². The van der Waals surface area contributed by atoms with Crippen LogP contribution in [0.3, 0.4) is 0 Å². The molecule has 0 saturated carbocycles. The van der Waals surface area contributed by atoms with Crippen LogP contribution in [0.15, 0.2) is 77.0 Å². The molecule has 5 rings (SSSR count). The van der Waals surface area contributed by atoms with Gasteiger partial charge in [-0.25, -0.2) is 9.78 Å². The quantitative estimate of drug-likeness (QED) is 0.187. The molecule has 0 radical (unpaired) electrons. The number of hydrogen-bond donors (Lipinski definition) is 3. The highest BCUT2D eigenvalue weighted by Crippen LogP contribution is 2.45. The van der Waals surface area contributed by atoms with E-state index < -0.39 is 29.3 Å². The summed E-state index contributed by atoms with van der Waals surface area (Å²) in [6, 6.07) is 15.9. The van der Waals surface area contributed by atoms with Crippen LogP contribution in [0.25, 0.3) is 27.7 Å². The second-order valence-corrected chi connectivity index (χ2v) is 9.65. The molecule has 2 heterocycles. The number of nitrogens with zero attached hydrogens (tertiary/aromatic N) is 4. The second kappa shape index (κ2) is 10.1. The summed E-state index contributed by atoms with van der Waals surface area (Å²) in [4.78, 5) is 15.6. The van der Waals surface area contributed by atoms with E-state index in [-0.39, 0.29) is 33.5 Å². The molecule has 0 aliphatic rings. The van der Waals surface area contributed by atoms with Crippen LogP contribution in [0.5, 0.6) is 11.6 Å². The highest BCUT2D eigenvalue weighted by molar-refractivity contribution is 5.97. The van der Waals surface area contributed by atoms with E-state index in [0.29, 0.717) is 16.9 Å². The largest absolute Gasteiger partial charge is 0.504 e. The van der Waals surface area contributed by atoms with Gasteiger partial charge in [0, 0.05) is 22.3 Å². The van der Waals surface area contributed by atoms with Crippen molar-refractivity contribution >= 4 is 28.4 Å². The molecule has 0 aliphatic heterocycles. The summed E-state index contributed by atoms with van der Waals surface area (Å²) < 4.78 is 42.1. The lowest BCUT2D eigenvalue weighted by Gasteiger charge is -2.11. The van der Waals surface area contributed by atoms with Gasteiger partial charge in [-0.2, -0.15) is 13.2 Å². The molecule has 11 heteroatoms. The van der Waals surface area contributed by atoms with Crippen molar-refractivity contribution in [3.63, 3.8) is 0 Å². The predicted molar refractivity (Wildman–Crippen MR) is 147 cm³/mol. The Labute approximate surface area is 231 Å². The summed E-state index contributed by atoms with van der Waals surface area (Å²) in [6.45, 7) is 5.30. The van der Waals surface area contributed by atoms with E-state index in [0.717, 1.165) is 23.3 Å². The summed E-state index contributed by atoms with van der Waals surface area (Å²) in [7, 11) is 0. The first-order valence-corrected chi connectivity index (χ1v) is 12.3. The molecule has 0 fully saturated rings. The number of azo groups is 1. The number of fused-ring (bicyclic) bond motifs is 1. The highest BCUT2D eigenvalue weighted by atomic mass is 19.4. The van der Waals surface area contributed by atoms with Gasteiger partial charge in [0.05, 0.1) is 16.6 Å². The van der Waals surface area contributed by atoms with Crippen LogP contribution in [0.4, 0.5) is 24.7 Å². The summed E-state index contributed by atoms with van der Waals surface area (Å²) in [5, 5.41) is 39.9. The van der Waals surface area contributed by atoms with Crippen LogP contribution in [-0.4, -0.2) is 30.8 Å². The van der Waals surface area contributed by atoms with E-state index in [9.17, 15) is 33.3 Å². The summed E-state index contributed by atoms with van der Waals surface area (Å²) in [5.41, 5.74) is 2.25. The van der Waals surface area contributed by atoms with Crippen LogP contribution in [0.1, 0.15) is 32.7 Å². The summed E-state index contributed by atoms with van der Waals surface area (Å²) >= 11 is 0. The fourth-order valence-corrected chi connectivity index (χ4v) is 4.73. The number of alkyl halides is 3. The number of carboxylic acids is 1. The Kier molecular flexibility index (Phi) is 6.74. The Bertz CT molecular complexity index is 1860. The van der Waals surface area contributed by atoms with Crippen molar-refractivity contribution in [2.24, 2.45) is 10.2 Å². The maximum Gasteiger partial charge on any atom is 0.416 e. The maximum absolute atomic E-state index is 13.6. The number of aromatic carboxylic acids is 1. The first-order chi connectivity index (χ1) is 19.3. The van der Waals surface area contributed by atoms with Crippen LogP contribution in [-0.2, 0) is 6.18 Å². The minimum Gasteiger partial charge on any atom is -0.504 e. The van der Waals surface area contributed by atoms with Crippen molar-refractivity contribution in [2.75, 3.05) is 0 Å². The zero-order valence-corrected chi connectivity index (χ0v) is 22.0. The van der Waals surface area contributed by atoms with Gasteiger partial charge in [0.2, 0.25) is 11.7 Å². The minimum absolute atomic E-state index is 0.0156. The zero-order valence-electron chi connectivity index (χ0n) is 22.0. The Balaban J connectivity index is 1.69. The van der Waals surface area contributed by atoms with Gasteiger partial charge in [-0.05, 0) is 86.0 Å². The average Bonchev–Trinajstić information content (AvgIpc) is 3.18. The SMILES string of the molecule is Cc1cc(C)cc(-n2c(O)c(N=Nc3nc(C)cc(-c4cccc(C(=O)O)c4)c3O)c3ccc(C(F)(F)F)cc32)c1. The number of rotatable bonds is 5. The molecule has 3 N–H and O–H groups in total. The molecule has 0 aliphatic carbocycles. The molecule has 0 saturated heterocycles. The third kappa shape index (κ3) is 5.21. The van der Waals surface area contributed by atoms with E-state index in [1.807, 2.05) is 19.9 Å². The average molecular weight is 561 g/mol. The molecule has 0 bridgehead atoms. The molecule has 208 valence electrons. The summed E-state index contributed by atoms with van der Waals surface area (Å²) in [6.07, 6.45) is -4.62. The number of aromatic hydroxyl groups is 2. The molecule has 8 nitrogen and oxygen atoms in total. The Morgan fingerprint density at radius 3 is 2.27 bits per heavy atom. The molecule has 41 heavy (non-hydrogen) atoms. The van der Waals surface area contributed by atoms with Crippen LogP contribution in [0.2, 0.25) is 0 Å². The van der Waals surface area contributed by atoms with E-state index in [1.165, 1.54) is 28.8 Å². The third-order valence-electron chi connectivity index (χ3n) is 6.48. The van der Waals surface area contributed by atoms with Crippen molar-refractivity contribution in [1.29, 1.82) is 0 Å². The molecule has 5 aromatic rings. The Hall–Kier alpha value is -5.19. The molecule has 0 amide bonds. The molecular weight excluding hydrogens is 537 g/mol. The molecular formula is C30H23F3N4O4. The highest BCUT2D eigenvalue weighted by Gasteiger charge is 2.32. The number of aromatic nitrogens is 2. The van der Waals surface area contributed by atoms with Gasteiger partial charge in [-0.15, -0.1) is 10.2 Å². The van der Waals surface area contributed by atoms with Gasteiger partial charge < -0.3 is 15.3 Å². The van der Waals surface area contributed by atoms with Crippen LogP contribution < -0.4 is 0 Å². The number of carboxylic acid groups (broad SMARTS) is 1. The minimum atomic E-state index is -4.62.